The summed E-state index contributed by atoms with van der Waals surface area (Å²) in [6.07, 6.45) is 0.367. The van der Waals surface area contributed by atoms with Gasteiger partial charge < -0.3 is 15.7 Å². The fraction of sp³-hybridized carbons (Fsp3) is 0.500. The second-order valence-electron chi connectivity index (χ2n) is 4.03. The van der Waals surface area contributed by atoms with Crippen molar-refractivity contribution < 1.29 is 9.50 Å². The normalized spacial score (nSPS) is 13.1. The SMILES string of the molecule is CN(CCc1ccc(F)cc1)CC(O)CN. The summed E-state index contributed by atoms with van der Waals surface area (Å²) in [6, 6.07) is 6.49. The summed E-state index contributed by atoms with van der Waals surface area (Å²) in [6.45, 7) is 1.67. The number of aliphatic hydroxyl groups is 1. The van der Waals surface area contributed by atoms with E-state index in [1.807, 2.05) is 11.9 Å². The van der Waals surface area contributed by atoms with Crippen LogP contribution in [0, 0.1) is 5.82 Å². The lowest BCUT2D eigenvalue weighted by Gasteiger charge is -2.19. The lowest BCUT2D eigenvalue weighted by atomic mass is 10.1. The molecule has 0 aliphatic heterocycles. The number of rotatable bonds is 6. The van der Waals surface area contributed by atoms with E-state index in [9.17, 15) is 9.50 Å². The molecule has 0 heterocycles. The van der Waals surface area contributed by atoms with Crippen molar-refractivity contribution in [3.63, 3.8) is 0 Å². The molecule has 0 aliphatic carbocycles. The first-order valence-electron chi connectivity index (χ1n) is 5.43. The lowest BCUT2D eigenvalue weighted by molar-refractivity contribution is 0.133. The number of likely N-dealkylation sites (N-methyl/N-ethyl adjacent to an activating group) is 1. The Labute approximate surface area is 95.7 Å². The van der Waals surface area contributed by atoms with Crippen LogP contribution in [0.1, 0.15) is 5.56 Å². The second-order valence-corrected chi connectivity index (χ2v) is 4.03. The minimum absolute atomic E-state index is 0.212. The van der Waals surface area contributed by atoms with Gasteiger partial charge in [-0.05, 0) is 31.2 Å². The number of nitrogens with two attached hydrogens (primary N) is 1. The van der Waals surface area contributed by atoms with Gasteiger partial charge in [0.15, 0.2) is 0 Å². The highest BCUT2D eigenvalue weighted by molar-refractivity contribution is 5.16. The van der Waals surface area contributed by atoms with E-state index in [4.69, 9.17) is 5.73 Å². The highest BCUT2D eigenvalue weighted by Crippen LogP contribution is 2.04. The van der Waals surface area contributed by atoms with E-state index in [0.29, 0.717) is 6.54 Å². The molecule has 3 nitrogen and oxygen atoms in total. The Bertz CT molecular complexity index is 302. The van der Waals surface area contributed by atoms with Crippen molar-refractivity contribution in [2.75, 3.05) is 26.7 Å². The average molecular weight is 226 g/mol. The van der Waals surface area contributed by atoms with Crippen molar-refractivity contribution >= 4 is 0 Å². The van der Waals surface area contributed by atoms with Crippen molar-refractivity contribution in [1.82, 2.24) is 4.90 Å². The van der Waals surface area contributed by atoms with Crippen molar-refractivity contribution in [3.8, 4) is 0 Å². The summed E-state index contributed by atoms with van der Waals surface area (Å²) in [5.74, 6) is -0.212. The van der Waals surface area contributed by atoms with Gasteiger partial charge in [0.2, 0.25) is 0 Å². The third-order valence-electron chi connectivity index (χ3n) is 2.49. The highest BCUT2D eigenvalue weighted by atomic mass is 19.1. The van der Waals surface area contributed by atoms with Gasteiger partial charge in [-0.25, -0.2) is 4.39 Å². The van der Waals surface area contributed by atoms with Gasteiger partial charge in [0.05, 0.1) is 6.10 Å². The third-order valence-corrected chi connectivity index (χ3v) is 2.49. The summed E-state index contributed by atoms with van der Waals surface area (Å²) < 4.78 is 12.6. The molecule has 0 fully saturated rings. The zero-order valence-electron chi connectivity index (χ0n) is 9.56. The second kappa shape index (κ2) is 6.58. The molecular formula is C12H19FN2O. The number of hydrogen-bond acceptors (Lipinski definition) is 3. The molecule has 0 bridgehead atoms. The van der Waals surface area contributed by atoms with Crippen LogP contribution in [-0.4, -0.2) is 42.8 Å². The Hall–Kier alpha value is -0.970. The molecule has 1 aromatic rings. The van der Waals surface area contributed by atoms with Crippen LogP contribution in [0.5, 0.6) is 0 Å². The molecule has 1 aromatic carbocycles. The highest BCUT2D eigenvalue weighted by Gasteiger charge is 2.05. The Morgan fingerprint density at radius 2 is 2.00 bits per heavy atom. The molecule has 0 saturated heterocycles. The van der Waals surface area contributed by atoms with Gasteiger partial charge in [0.1, 0.15) is 5.82 Å². The molecule has 1 rings (SSSR count). The van der Waals surface area contributed by atoms with Gasteiger partial charge in [0.25, 0.3) is 0 Å². The van der Waals surface area contributed by atoms with Crippen molar-refractivity contribution in [2.24, 2.45) is 5.73 Å². The molecule has 0 saturated carbocycles. The fourth-order valence-corrected chi connectivity index (χ4v) is 1.50. The number of halogens is 1. The maximum Gasteiger partial charge on any atom is 0.123 e. The van der Waals surface area contributed by atoms with Gasteiger partial charge in [0, 0.05) is 19.6 Å². The predicted molar refractivity (Wildman–Crippen MR) is 62.7 cm³/mol. The molecule has 0 spiro atoms. The molecule has 16 heavy (non-hydrogen) atoms. The maximum atomic E-state index is 12.6. The van der Waals surface area contributed by atoms with Crippen molar-refractivity contribution in [3.05, 3.63) is 35.6 Å². The van der Waals surface area contributed by atoms with Crippen LogP contribution in [0.25, 0.3) is 0 Å². The van der Waals surface area contributed by atoms with E-state index < -0.39 is 6.10 Å². The summed E-state index contributed by atoms with van der Waals surface area (Å²) in [5, 5.41) is 9.35. The van der Waals surface area contributed by atoms with Gasteiger partial charge in [-0.15, -0.1) is 0 Å². The van der Waals surface area contributed by atoms with E-state index in [1.165, 1.54) is 12.1 Å². The van der Waals surface area contributed by atoms with Crippen molar-refractivity contribution in [2.45, 2.75) is 12.5 Å². The van der Waals surface area contributed by atoms with Crippen LogP contribution in [0.4, 0.5) is 4.39 Å². The van der Waals surface area contributed by atoms with Crippen LogP contribution < -0.4 is 5.73 Å². The van der Waals surface area contributed by atoms with Gasteiger partial charge in [-0.2, -0.15) is 0 Å². The molecule has 1 atom stereocenters. The quantitative estimate of drug-likeness (QED) is 0.747. The van der Waals surface area contributed by atoms with Gasteiger partial charge in [-0.1, -0.05) is 12.1 Å². The molecule has 4 heteroatoms. The van der Waals surface area contributed by atoms with E-state index in [0.717, 1.165) is 18.5 Å². The number of aliphatic hydroxyl groups excluding tert-OH is 1. The number of nitrogens with zero attached hydrogens (tertiary/aromatic N) is 1. The van der Waals surface area contributed by atoms with Crippen LogP contribution >= 0.6 is 0 Å². The van der Waals surface area contributed by atoms with E-state index in [2.05, 4.69) is 0 Å². The summed E-state index contributed by atoms with van der Waals surface area (Å²) in [5.41, 5.74) is 6.42. The molecule has 0 aliphatic rings. The lowest BCUT2D eigenvalue weighted by Crippen LogP contribution is -2.35. The van der Waals surface area contributed by atoms with E-state index in [-0.39, 0.29) is 12.4 Å². The molecule has 0 aromatic heterocycles. The minimum Gasteiger partial charge on any atom is -0.390 e. The molecule has 3 N–H and O–H groups in total. The fourth-order valence-electron chi connectivity index (χ4n) is 1.50. The topological polar surface area (TPSA) is 49.5 Å². The van der Waals surface area contributed by atoms with Crippen LogP contribution in [0.3, 0.4) is 0 Å². The molecular weight excluding hydrogens is 207 g/mol. The monoisotopic (exact) mass is 226 g/mol. The Kier molecular flexibility index (Phi) is 5.38. The Morgan fingerprint density at radius 3 is 2.56 bits per heavy atom. The maximum absolute atomic E-state index is 12.6. The molecule has 90 valence electrons. The van der Waals surface area contributed by atoms with Crippen molar-refractivity contribution in [1.29, 1.82) is 0 Å². The van der Waals surface area contributed by atoms with E-state index >= 15 is 0 Å². The smallest absolute Gasteiger partial charge is 0.123 e. The standard InChI is InChI=1S/C12H19FN2O/c1-15(9-12(16)8-14)7-6-10-2-4-11(13)5-3-10/h2-5,12,16H,6-9,14H2,1H3. The molecule has 0 radical (unpaired) electrons. The van der Waals surface area contributed by atoms with Gasteiger partial charge in [-0.3, -0.25) is 0 Å². The molecule has 1 unspecified atom stereocenters. The largest absolute Gasteiger partial charge is 0.390 e. The zero-order valence-corrected chi connectivity index (χ0v) is 9.56. The van der Waals surface area contributed by atoms with Crippen LogP contribution in [0.15, 0.2) is 24.3 Å². The first-order valence-corrected chi connectivity index (χ1v) is 5.43. The Morgan fingerprint density at radius 1 is 1.38 bits per heavy atom. The summed E-state index contributed by atoms with van der Waals surface area (Å²) in [4.78, 5) is 2.01. The third kappa shape index (κ3) is 4.70. The Balaban J connectivity index is 2.31. The molecule has 0 amide bonds. The summed E-state index contributed by atoms with van der Waals surface area (Å²) in [7, 11) is 1.93. The van der Waals surface area contributed by atoms with Crippen LogP contribution in [-0.2, 0) is 6.42 Å². The first kappa shape index (κ1) is 13.1. The minimum atomic E-state index is -0.474. The van der Waals surface area contributed by atoms with Gasteiger partial charge >= 0.3 is 0 Å². The van der Waals surface area contributed by atoms with E-state index in [1.54, 1.807) is 12.1 Å². The predicted octanol–water partition coefficient (Wildman–Crippen LogP) is 0.620. The zero-order chi connectivity index (χ0) is 12.0. The number of hydrogen-bond donors (Lipinski definition) is 2. The first-order chi connectivity index (χ1) is 7.61. The average Bonchev–Trinajstić information content (AvgIpc) is 2.28. The number of benzene rings is 1. The van der Waals surface area contributed by atoms with Crippen LogP contribution in [0.2, 0.25) is 0 Å². The summed E-state index contributed by atoms with van der Waals surface area (Å²) >= 11 is 0.